The van der Waals surface area contributed by atoms with Crippen LogP contribution in [0.2, 0.25) is 0 Å². The lowest BCUT2D eigenvalue weighted by Gasteiger charge is -2.36. The van der Waals surface area contributed by atoms with E-state index in [-0.39, 0.29) is 0 Å². The van der Waals surface area contributed by atoms with Crippen LogP contribution in [0.1, 0.15) is 36.8 Å². The van der Waals surface area contributed by atoms with E-state index in [9.17, 15) is 13.2 Å². The average molecular weight is 243 g/mol. The van der Waals surface area contributed by atoms with Gasteiger partial charge in [0.2, 0.25) is 0 Å². The number of rotatable bonds is 3. The summed E-state index contributed by atoms with van der Waals surface area (Å²) in [6, 6.07) is 6.10. The molecule has 0 amide bonds. The van der Waals surface area contributed by atoms with Crippen LogP contribution < -0.4 is 5.32 Å². The van der Waals surface area contributed by atoms with E-state index < -0.39 is 11.7 Å². The van der Waals surface area contributed by atoms with E-state index in [1.165, 1.54) is 12.1 Å². The van der Waals surface area contributed by atoms with E-state index >= 15 is 0 Å². The molecule has 0 radical (unpaired) electrons. The summed E-state index contributed by atoms with van der Waals surface area (Å²) in [4.78, 5) is 0. The predicted octanol–water partition coefficient (Wildman–Crippen LogP) is 3.56. The van der Waals surface area contributed by atoms with E-state index in [4.69, 9.17) is 0 Å². The lowest BCUT2D eigenvalue weighted by molar-refractivity contribution is -0.137. The summed E-state index contributed by atoms with van der Waals surface area (Å²) >= 11 is 0. The van der Waals surface area contributed by atoms with Crippen LogP contribution in [0.25, 0.3) is 0 Å². The van der Waals surface area contributed by atoms with Crippen molar-refractivity contribution in [3.05, 3.63) is 35.4 Å². The first-order chi connectivity index (χ1) is 8.00. The van der Waals surface area contributed by atoms with E-state index in [2.05, 4.69) is 12.2 Å². The fourth-order valence-corrected chi connectivity index (χ4v) is 2.29. The molecule has 17 heavy (non-hydrogen) atoms. The minimum absolute atomic E-state index is 0.418. The molecule has 0 aliphatic heterocycles. The van der Waals surface area contributed by atoms with Crippen LogP contribution in [-0.4, -0.2) is 12.6 Å². The topological polar surface area (TPSA) is 12.0 Å². The van der Waals surface area contributed by atoms with Crippen molar-refractivity contribution >= 4 is 0 Å². The normalized spacial score (nSPS) is 24.5. The molecule has 0 aromatic heterocycles. The summed E-state index contributed by atoms with van der Waals surface area (Å²) < 4.78 is 37.1. The van der Waals surface area contributed by atoms with E-state index in [0.29, 0.717) is 12.0 Å². The summed E-state index contributed by atoms with van der Waals surface area (Å²) in [6.07, 6.45) is -2.18. The second-order valence-electron chi connectivity index (χ2n) is 4.54. The lowest BCUT2D eigenvalue weighted by atomic mass is 9.76. The number of benzene rings is 1. The molecular weight excluding hydrogens is 227 g/mol. The smallest absolute Gasteiger partial charge is 0.314 e. The molecule has 0 bridgehead atoms. The van der Waals surface area contributed by atoms with Gasteiger partial charge in [-0.05, 0) is 43.0 Å². The van der Waals surface area contributed by atoms with Crippen LogP contribution in [0.15, 0.2) is 24.3 Å². The molecule has 1 nitrogen and oxygen atoms in total. The molecule has 0 unspecified atom stereocenters. The Morgan fingerprint density at radius 3 is 2.24 bits per heavy atom. The number of hydrogen-bond acceptors (Lipinski definition) is 1. The van der Waals surface area contributed by atoms with Crippen molar-refractivity contribution in [3.63, 3.8) is 0 Å². The van der Waals surface area contributed by atoms with E-state index in [1.54, 1.807) is 12.1 Å². The first-order valence-electron chi connectivity index (χ1n) is 5.91. The molecule has 94 valence electrons. The lowest BCUT2D eigenvalue weighted by Crippen LogP contribution is -2.39. The van der Waals surface area contributed by atoms with Gasteiger partial charge in [0, 0.05) is 6.04 Å². The highest BCUT2D eigenvalue weighted by atomic mass is 19.4. The standard InChI is InChI=1S/C13H16F3N/c1-2-17-12-7-10(8-12)9-3-5-11(6-4-9)13(14,15)16/h3-6,10,12,17H,2,7-8H2,1H3. The highest BCUT2D eigenvalue weighted by Gasteiger charge is 2.32. The number of alkyl halides is 3. The van der Waals surface area contributed by atoms with Gasteiger partial charge < -0.3 is 5.32 Å². The Morgan fingerprint density at radius 2 is 1.76 bits per heavy atom. The Bertz CT molecular complexity index is 363. The third-order valence-electron chi connectivity index (χ3n) is 3.34. The maximum atomic E-state index is 12.4. The summed E-state index contributed by atoms with van der Waals surface area (Å²) in [5, 5.41) is 3.34. The molecule has 0 spiro atoms. The SMILES string of the molecule is CCNC1CC(c2ccc(C(F)(F)F)cc2)C1. The van der Waals surface area contributed by atoms with Gasteiger partial charge >= 0.3 is 6.18 Å². The highest BCUT2D eigenvalue weighted by molar-refractivity contribution is 5.28. The molecule has 0 saturated heterocycles. The van der Waals surface area contributed by atoms with Gasteiger partial charge in [-0.2, -0.15) is 13.2 Å². The van der Waals surface area contributed by atoms with Crippen molar-refractivity contribution in [3.8, 4) is 0 Å². The van der Waals surface area contributed by atoms with Crippen molar-refractivity contribution in [1.29, 1.82) is 0 Å². The Hall–Kier alpha value is -1.03. The summed E-state index contributed by atoms with van der Waals surface area (Å²) in [6.45, 7) is 3.01. The monoisotopic (exact) mass is 243 g/mol. The van der Waals surface area contributed by atoms with Crippen LogP contribution in [-0.2, 0) is 6.18 Å². The van der Waals surface area contributed by atoms with Crippen LogP contribution >= 0.6 is 0 Å². The van der Waals surface area contributed by atoms with Crippen molar-refractivity contribution in [2.24, 2.45) is 0 Å². The molecule has 1 aliphatic carbocycles. The molecule has 1 fully saturated rings. The number of halogens is 3. The zero-order chi connectivity index (χ0) is 12.5. The van der Waals surface area contributed by atoms with Crippen molar-refractivity contribution in [2.45, 2.75) is 37.9 Å². The van der Waals surface area contributed by atoms with Gasteiger partial charge in [0.05, 0.1) is 5.56 Å². The summed E-state index contributed by atoms with van der Waals surface area (Å²) in [5.74, 6) is 0.418. The zero-order valence-electron chi connectivity index (χ0n) is 9.72. The molecule has 0 heterocycles. The minimum atomic E-state index is -4.23. The Balaban J connectivity index is 1.96. The van der Waals surface area contributed by atoms with Gasteiger partial charge in [0.15, 0.2) is 0 Å². The Morgan fingerprint density at radius 1 is 1.18 bits per heavy atom. The maximum absolute atomic E-state index is 12.4. The third-order valence-corrected chi connectivity index (χ3v) is 3.34. The predicted molar refractivity (Wildman–Crippen MR) is 60.9 cm³/mol. The van der Waals surface area contributed by atoms with E-state index in [0.717, 1.165) is 24.9 Å². The first-order valence-corrected chi connectivity index (χ1v) is 5.91. The van der Waals surface area contributed by atoms with Crippen LogP contribution in [0.5, 0.6) is 0 Å². The van der Waals surface area contributed by atoms with Crippen molar-refractivity contribution in [1.82, 2.24) is 5.32 Å². The fourth-order valence-electron chi connectivity index (χ4n) is 2.29. The zero-order valence-corrected chi connectivity index (χ0v) is 9.72. The first kappa shape index (κ1) is 12.4. The minimum Gasteiger partial charge on any atom is -0.314 e. The van der Waals surface area contributed by atoms with Gasteiger partial charge in [0.1, 0.15) is 0 Å². The largest absolute Gasteiger partial charge is 0.416 e. The third kappa shape index (κ3) is 2.80. The highest BCUT2D eigenvalue weighted by Crippen LogP contribution is 2.38. The molecule has 1 aliphatic rings. The van der Waals surface area contributed by atoms with Gasteiger partial charge in [-0.25, -0.2) is 0 Å². The molecule has 1 aromatic carbocycles. The van der Waals surface area contributed by atoms with Gasteiger partial charge in [-0.3, -0.25) is 0 Å². The number of hydrogen-bond donors (Lipinski definition) is 1. The Kier molecular flexibility index (Phi) is 3.43. The van der Waals surface area contributed by atoms with E-state index in [1.807, 2.05) is 0 Å². The molecule has 4 heteroatoms. The molecule has 1 saturated carbocycles. The molecule has 1 N–H and O–H groups in total. The van der Waals surface area contributed by atoms with Crippen LogP contribution in [0.3, 0.4) is 0 Å². The Labute approximate surface area is 99.0 Å². The summed E-state index contributed by atoms with van der Waals surface area (Å²) in [5.41, 5.74) is 0.455. The summed E-state index contributed by atoms with van der Waals surface area (Å²) in [7, 11) is 0. The van der Waals surface area contributed by atoms with Crippen molar-refractivity contribution in [2.75, 3.05) is 6.54 Å². The number of nitrogens with one attached hydrogen (secondary N) is 1. The molecule has 0 atom stereocenters. The van der Waals surface area contributed by atoms with Crippen LogP contribution in [0.4, 0.5) is 13.2 Å². The van der Waals surface area contributed by atoms with Crippen molar-refractivity contribution < 1.29 is 13.2 Å². The molecular formula is C13H16F3N. The second-order valence-corrected chi connectivity index (χ2v) is 4.54. The second kappa shape index (κ2) is 4.69. The maximum Gasteiger partial charge on any atom is 0.416 e. The molecule has 1 aromatic rings. The fraction of sp³-hybridized carbons (Fsp3) is 0.538. The average Bonchev–Trinajstić information content (AvgIpc) is 2.22. The molecule has 2 rings (SSSR count). The van der Waals surface area contributed by atoms with Gasteiger partial charge in [-0.15, -0.1) is 0 Å². The van der Waals surface area contributed by atoms with Crippen LogP contribution in [0, 0.1) is 0 Å². The van der Waals surface area contributed by atoms with Gasteiger partial charge in [0.25, 0.3) is 0 Å². The quantitative estimate of drug-likeness (QED) is 0.855. The van der Waals surface area contributed by atoms with Gasteiger partial charge in [-0.1, -0.05) is 19.1 Å².